The molecule has 3 heterocycles. The lowest BCUT2D eigenvalue weighted by atomic mass is 10.1. The molecule has 3 aliphatic rings. The maximum Gasteiger partial charge on any atom is 0.320 e. The van der Waals surface area contributed by atoms with Crippen LogP contribution >= 0.6 is 0 Å². The smallest absolute Gasteiger partial charge is 0.320 e. The Labute approximate surface area is 131 Å². The van der Waals surface area contributed by atoms with Crippen LogP contribution in [0.5, 0.6) is 0 Å². The molecular weight excluding hydrogens is 286 g/mol. The lowest BCUT2D eigenvalue weighted by Crippen LogP contribution is -2.55. The Morgan fingerprint density at radius 2 is 1.95 bits per heavy atom. The molecule has 0 N–H and O–H groups in total. The zero-order valence-electron chi connectivity index (χ0n) is 13.4. The summed E-state index contributed by atoms with van der Waals surface area (Å²) in [5.74, 6) is 0.447. The van der Waals surface area contributed by atoms with Gasteiger partial charge in [0.1, 0.15) is 6.61 Å². The summed E-state index contributed by atoms with van der Waals surface area (Å²) in [6.07, 6.45) is -0.0542. The quantitative estimate of drug-likeness (QED) is 0.720. The summed E-state index contributed by atoms with van der Waals surface area (Å²) in [4.78, 5) is 30.3. The number of nitrogens with zero attached hydrogens (tertiary/aromatic N) is 3. The predicted octanol–water partition coefficient (Wildman–Crippen LogP) is 0.00620. The number of morpholine rings is 2. The highest BCUT2D eigenvalue weighted by molar-refractivity contribution is 5.79. The van der Waals surface area contributed by atoms with Gasteiger partial charge in [0, 0.05) is 26.2 Å². The summed E-state index contributed by atoms with van der Waals surface area (Å²) < 4.78 is 11.0. The maximum absolute atomic E-state index is 12.6. The summed E-state index contributed by atoms with van der Waals surface area (Å²) in [5, 5.41) is 0. The van der Waals surface area contributed by atoms with Crippen LogP contribution in [0.4, 0.5) is 4.79 Å². The first-order valence-electron chi connectivity index (χ1n) is 8.09. The monoisotopic (exact) mass is 311 g/mol. The zero-order chi connectivity index (χ0) is 15.7. The van der Waals surface area contributed by atoms with Gasteiger partial charge in [-0.25, -0.2) is 4.79 Å². The van der Waals surface area contributed by atoms with E-state index in [0.717, 1.165) is 6.54 Å². The van der Waals surface area contributed by atoms with Gasteiger partial charge in [-0.3, -0.25) is 4.79 Å². The Morgan fingerprint density at radius 3 is 2.64 bits per heavy atom. The molecule has 0 aromatic carbocycles. The largest absolute Gasteiger partial charge is 0.378 e. The van der Waals surface area contributed by atoms with Crippen molar-refractivity contribution >= 4 is 11.9 Å². The molecule has 124 valence electrons. The Kier molecular flexibility index (Phi) is 4.54. The minimum Gasteiger partial charge on any atom is -0.378 e. The van der Waals surface area contributed by atoms with E-state index in [0.29, 0.717) is 45.3 Å². The van der Waals surface area contributed by atoms with E-state index in [2.05, 4.69) is 13.8 Å². The number of hydrogen-bond acceptors (Lipinski definition) is 4. The van der Waals surface area contributed by atoms with Crippen molar-refractivity contribution in [3.63, 3.8) is 0 Å². The van der Waals surface area contributed by atoms with Gasteiger partial charge in [0.05, 0.1) is 31.9 Å². The van der Waals surface area contributed by atoms with E-state index in [4.69, 9.17) is 9.47 Å². The Balaban J connectivity index is 1.66. The Bertz CT molecular complexity index is 437. The normalized spacial score (nSPS) is 29.2. The summed E-state index contributed by atoms with van der Waals surface area (Å²) in [5.41, 5.74) is 0. The summed E-state index contributed by atoms with van der Waals surface area (Å²) in [6.45, 7) is 8.67. The highest BCUT2D eigenvalue weighted by atomic mass is 16.5. The first-order chi connectivity index (χ1) is 10.6. The first-order valence-corrected chi connectivity index (χ1v) is 8.09. The van der Waals surface area contributed by atoms with E-state index < -0.39 is 0 Å². The fraction of sp³-hybridized carbons (Fsp3) is 0.867. The average Bonchev–Trinajstić information content (AvgIpc) is 2.94. The van der Waals surface area contributed by atoms with Crippen molar-refractivity contribution in [2.45, 2.75) is 26.0 Å². The third-order valence-electron chi connectivity index (χ3n) is 4.49. The SMILES string of the molecule is CC(C)CN1C(=O)CO[C@@H]2CN(C(=O)N3CCOCC3)C[C@H]21. The number of rotatable bonds is 2. The molecule has 0 unspecified atom stereocenters. The van der Waals surface area contributed by atoms with Crippen LogP contribution in [0.1, 0.15) is 13.8 Å². The third kappa shape index (κ3) is 3.05. The van der Waals surface area contributed by atoms with E-state index in [-0.39, 0.29) is 30.7 Å². The second-order valence-electron chi connectivity index (χ2n) is 6.64. The molecule has 3 saturated heterocycles. The molecule has 0 aromatic rings. The van der Waals surface area contributed by atoms with Crippen LogP contribution < -0.4 is 0 Å². The minimum absolute atomic E-state index is 0.00589. The lowest BCUT2D eigenvalue weighted by Gasteiger charge is -2.37. The number of fused-ring (bicyclic) bond motifs is 1. The first kappa shape index (κ1) is 15.6. The molecule has 3 fully saturated rings. The maximum atomic E-state index is 12.6. The van der Waals surface area contributed by atoms with Crippen LogP contribution in [0.3, 0.4) is 0 Å². The Hall–Kier alpha value is -1.34. The van der Waals surface area contributed by atoms with Crippen molar-refractivity contribution < 1.29 is 19.1 Å². The number of ether oxygens (including phenoxy) is 2. The predicted molar refractivity (Wildman–Crippen MR) is 79.4 cm³/mol. The van der Waals surface area contributed by atoms with Crippen molar-refractivity contribution in [1.82, 2.24) is 14.7 Å². The fourth-order valence-corrected chi connectivity index (χ4v) is 3.41. The van der Waals surface area contributed by atoms with Gasteiger partial charge in [-0.15, -0.1) is 0 Å². The van der Waals surface area contributed by atoms with Crippen molar-refractivity contribution in [1.29, 1.82) is 0 Å². The molecule has 0 aliphatic carbocycles. The number of carbonyl (C=O) groups excluding carboxylic acids is 2. The topological polar surface area (TPSA) is 62.3 Å². The van der Waals surface area contributed by atoms with E-state index in [9.17, 15) is 9.59 Å². The average molecular weight is 311 g/mol. The van der Waals surface area contributed by atoms with E-state index in [1.165, 1.54) is 0 Å². The van der Waals surface area contributed by atoms with Gasteiger partial charge in [-0.05, 0) is 5.92 Å². The van der Waals surface area contributed by atoms with Gasteiger partial charge < -0.3 is 24.2 Å². The summed E-state index contributed by atoms with van der Waals surface area (Å²) in [6, 6.07) is 0.0342. The molecule has 0 radical (unpaired) electrons. The lowest BCUT2D eigenvalue weighted by molar-refractivity contribution is -0.153. The van der Waals surface area contributed by atoms with Crippen molar-refractivity contribution in [3.05, 3.63) is 0 Å². The molecule has 7 nitrogen and oxygen atoms in total. The van der Waals surface area contributed by atoms with Crippen LogP contribution in [0.2, 0.25) is 0 Å². The number of amides is 3. The molecule has 0 bridgehead atoms. The molecule has 7 heteroatoms. The van der Waals surface area contributed by atoms with Gasteiger partial charge in [-0.1, -0.05) is 13.8 Å². The van der Waals surface area contributed by atoms with E-state index >= 15 is 0 Å². The molecule has 3 rings (SSSR count). The van der Waals surface area contributed by atoms with Crippen molar-refractivity contribution in [2.24, 2.45) is 5.92 Å². The molecule has 2 atom stereocenters. The van der Waals surface area contributed by atoms with Crippen LogP contribution in [0.15, 0.2) is 0 Å². The standard InChI is InChI=1S/C15H25N3O4/c1-11(2)7-18-12-8-17(9-13(12)22-10-14(18)19)15(20)16-3-5-21-6-4-16/h11-13H,3-10H2,1-2H3/t12-,13-/m1/s1. The Morgan fingerprint density at radius 1 is 1.23 bits per heavy atom. The highest BCUT2D eigenvalue weighted by Gasteiger charge is 2.45. The molecule has 22 heavy (non-hydrogen) atoms. The van der Waals surface area contributed by atoms with E-state index in [1.54, 1.807) is 0 Å². The zero-order valence-corrected chi connectivity index (χ0v) is 13.4. The van der Waals surface area contributed by atoms with Gasteiger partial charge in [-0.2, -0.15) is 0 Å². The minimum atomic E-state index is -0.0542. The third-order valence-corrected chi connectivity index (χ3v) is 4.49. The molecule has 0 aromatic heterocycles. The molecule has 0 saturated carbocycles. The van der Waals surface area contributed by atoms with Crippen LogP contribution in [0.25, 0.3) is 0 Å². The van der Waals surface area contributed by atoms with Gasteiger partial charge in [0.15, 0.2) is 0 Å². The molecule has 0 spiro atoms. The number of likely N-dealkylation sites (tertiary alicyclic amines) is 1. The summed E-state index contributed by atoms with van der Waals surface area (Å²) >= 11 is 0. The number of hydrogen-bond donors (Lipinski definition) is 0. The second kappa shape index (κ2) is 6.42. The summed E-state index contributed by atoms with van der Waals surface area (Å²) in [7, 11) is 0. The van der Waals surface area contributed by atoms with Crippen molar-refractivity contribution in [3.8, 4) is 0 Å². The molecule has 3 aliphatic heterocycles. The van der Waals surface area contributed by atoms with Crippen molar-refractivity contribution in [2.75, 3.05) is 52.5 Å². The van der Waals surface area contributed by atoms with Gasteiger partial charge >= 0.3 is 6.03 Å². The molecule has 3 amide bonds. The number of urea groups is 1. The fourth-order valence-electron chi connectivity index (χ4n) is 3.41. The van der Waals surface area contributed by atoms with Crippen LogP contribution in [-0.4, -0.2) is 91.3 Å². The number of carbonyl (C=O) groups is 2. The highest BCUT2D eigenvalue weighted by Crippen LogP contribution is 2.25. The van der Waals surface area contributed by atoms with E-state index in [1.807, 2.05) is 14.7 Å². The van der Waals surface area contributed by atoms with Crippen LogP contribution in [-0.2, 0) is 14.3 Å². The second-order valence-corrected chi connectivity index (χ2v) is 6.64. The van der Waals surface area contributed by atoms with Crippen LogP contribution in [0, 0.1) is 5.92 Å². The van der Waals surface area contributed by atoms with Gasteiger partial charge in [0.2, 0.25) is 5.91 Å². The van der Waals surface area contributed by atoms with Gasteiger partial charge in [0.25, 0.3) is 0 Å². The molecular formula is C15H25N3O4.